The summed E-state index contributed by atoms with van der Waals surface area (Å²) in [4.78, 5) is 13.1. The Morgan fingerprint density at radius 3 is 2.27 bits per heavy atom. The Morgan fingerprint density at radius 2 is 1.67 bits per heavy atom. The number of nitrogens with one attached hydrogen (secondary N) is 1. The van der Waals surface area contributed by atoms with Crippen molar-refractivity contribution in [1.29, 1.82) is 0 Å². The number of ether oxygens (including phenoxy) is 1. The van der Waals surface area contributed by atoms with Gasteiger partial charge in [-0.15, -0.1) is 0 Å². The molecule has 4 rings (SSSR count). The highest BCUT2D eigenvalue weighted by Crippen LogP contribution is 2.27. The molecule has 1 aliphatic heterocycles. The third-order valence-corrected chi connectivity index (χ3v) is 7.19. The van der Waals surface area contributed by atoms with Crippen molar-refractivity contribution in [3.63, 3.8) is 0 Å². The number of carbonyl (C=O) groups is 1. The number of aromatic nitrogens is 1. The van der Waals surface area contributed by atoms with Gasteiger partial charge in [0.1, 0.15) is 22.8 Å². The zero-order chi connectivity index (χ0) is 23.8. The van der Waals surface area contributed by atoms with Crippen LogP contribution in [0.3, 0.4) is 0 Å². The van der Waals surface area contributed by atoms with Crippen molar-refractivity contribution in [3.8, 4) is 11.3 Å². The summed E-state index contributed by atoms with van der Waals surface area (Å²) in [7, 11) is -3.68. The van der Waals surface area contributed by atoms with Crippen LogP contribution in [0.15, 0.2) is 57.9 Å². The minimum Gasteiger partial charge on any atom is -0.373 e. The quantitative estimate of drug-likeness (QED) is 0.604. The molecule has 0 spiro atoms. The number of benzene rings is 2. The van der Waals surface area contributed by atoms with Crippen LogP contribution in [0.4, 0.5) is 10.1 Å². The normalized spacial score (nSPS) is 19.4. The van der Waals surface area contributed by atoms with Gasteiger partial charge in [0.2, 0.25) is 10.0 Å². The van der Waals surface area contributed by atoms with Crippen molar-refractivity contribution in [1.82, 2.24) is 9.46 Å². The molecule has 1 aliphatic rings. The Bertz CT molecular complexity index is 1250. The van der Waals surface area contributed by atoms with Gasteiger partial charge in [-0.25, -0.2) is 12.8 Å². The van der Waals surface area contributed by atoms with Crippen LogP contribution in [0.1, 0.15) is 30.0 Å². The molecule has 174 valence electrons. The standard InChI is InChI=1S/C23H24FN3O5S/c1-14-12-27(13-15(2)31-14)33(29,30)20-10-8-19(9-11-20)25-23(28)21-16(3)32-26-22(21)17-4-6-18(24)7-5-17/h4-11,14-15H,12-13H2,1-3H3,(H,25,28). The molecule has 1 saturated heterocycles. The van der Waals surface area contributed by atoms with E-state index in [2.05, 4.69) is 10.5 Å². The molecule has 0 aliphatic carbocycles. The number of anilines is 1. The largest absolute Gasteiger partial charge is 0.373 e. The Hall–Kier alpha value is -3.08. The first-order valence-electron chi connectivity index (χ1n) is 10.4. The van der Waals surface area contributed by atoms with Crippen LogP contribution in [0.5, 0.6) is 0 Å². The van der Waals surface area contributed by atoms with Crippen LogP contribution in [-0.4, -0.2) is 49.1 Å². The van der Waals surface area contributed by atoms with E-state index < -0.39 is 21.7 Å². The maximum absolute atomic E-state index is 13.3. The zero-order valence-corrected chi connectivity index (χ0v) is 19.2. The molecule has 0 saturated carbocycles. The molecule has 33 heavy (non-hydrogen) atoms. The Balaban J connectivity index is 1.53. The summed E-state index contributed by atoms with van der Waals surface area (Å²) in [5.74, 6) is -0.568. The molecule has 1 amide bonds. The maximum atomic E-state index is 13.3. The van der Waals surface area contributed by atoms with Gasteiger partial charge in [-0.3, -0.25) is 4.79 Å². The molecule has 0 bridgehead atoms. The van der Waals surface area contributed by atoms with Crippen LogP contribution >= 0.6 is 0 Å². The van der Waals surface area contributed by atoms with Gasteiger partial charge in [0.15, 0.2) is 0 Å². The smallest absolute Gasteiger partial charge is 0.261 e. The molecule has 1 fully saturated rings. The van der Waals surface area contributed by atoms with Crippen LogP contribution in [0, 0.1) is 12.7 Å². The minimum absolute atomic E-state index is 0.134. The van der Waals surface area contributed by atoms with Gasteiger partial charge in [-0.05, 0) is 69.3 Å². The maximum Gasteiger partial charge on any atom is 0.261 e. The summed E-state index contributed by atoms with van der Waals surface area (Å²) in [6, 6.07) is 11.5. The molecule has 2 unspecified atom stereocenters. The zero-order valence-electron chi connectivity index (χ0n) is 18.4. The Kier molecular flexibility index (Phi) is 6.33. The molecule has 2 heterocycles. The number of nitrogens with zero attached hydrogens (tertiary/aromatic N) is 2. The Morgan fingerprint density at radius 1 is 1.06 bits per heavy atom. The molecule has 2 aromatic carbocycles. The lowest BCUT2D eigenvalue weighted by molar-refractivity contribution is -0.0440. The molecule has 2 atom stereocenters. The number of carbonyl (C=O) groups excluding carboxylic acids is 1. The van der Waals surface area contributed by atoms with Crippen LogP contribution in [0.2, 0.25) is 0 Å². The molecule has 1 aromatic heterocycles. The first kappa shape index (κ1) is 23.1. The molecule has 0 radical (unpaired) electrons. The number of halogens is 1. The predicted molar refractivity (Wildman–Crippen MR) is 120 cm³/mol. The van der Waals surface area contributed by atoms with Crippen molar-refractivity contribution in [2.45, 2.75) is 37.9 Å². The van der Waals surface area contributed by atoms with Gasteiger partial charge in [-0.2, -0.15) is 4.31 Å². The molecular weight excluding hydrogens is 449 g/mol. The highest BCUT2D eigenvalue weighted by molar-refractivity contribution is 7.89. The number of morpholine rings is 1. The predicted octanol–water partition coefficient (Wildman–Crippen LogP) is 3.84. The molecule has 3 aromatic rings. The molecule has 1 N–H and O–H groups in total. The van der Waals surface area contributed by atoms with E-state index >= 15 is 0 Å². The fraction of sp³-hybridized carbons (Fsp3) is 0.304. The van der Waals surface area contributed by atoms with E-state index in [1.807, 2.05) is 13.8 Å². The number of hydrogen-bond acceptors (Lipinski definition) is 6. The average Bonchev–Trinajstić information content (AvgIpc) is 3.15. The first-order chi connectivity index (χ1) is 15.6. The number of aryl methyl sites for hydroxylation is 1. The van der Waals surface area contributed by atoms with E-state index in [4.69, 9.17) is 9.26 Å². The summed E-state index contributed by atoms with van der Waals surface area (Å²) in [5, 5.41) is 6.67. The van der Waals surface area contributed by atoms with Crippen LogP contribution in [0.25, 0.3) is 11.3 Å². The van der Waals surface area contributed by atoms with E-state index in [0.717, 1.165) is 0 Å². The second-order valence-corrected chi connectivity index (χ2v) is 9.97. The van der Waals surface area contributed by atoms with Crippen molar-refractivity contribution >= 4 is 21.6 Å². The number of hydrogen-bond donors (Lipinski definition) is 1. The minimum atomic E-state index is -3.68. The van der Waals surface area contributed by atoms with Gasteiger partial charge in [0, 0.05) is 24.3 Å². The monoisotopic (exact) mass is 473 g/mol. The van der Waals surface area contributed by atoms with E-state index in [1.165, 1.54) is 52.8 Å². The van der Waals surface area contributed by atoms with Crippen molar-refractivity contribution < 1.29 is 26.9 Å². The lowest BCUT2D eigenvalue weighted by atomic mass is 10.1. The highest BCUT2D eigenvalue weighted by atomic mass is 32.2. The fourth-order valence-electron chi connectivity index (χ4n) is 3.82. The third-order valence-electron chi connectivity index (χ3n) is 5.34. The van der Waals surface area contributed by atoms with Crippen molar-refractivity contribution in [2.24, 2.45) is 0 Å². The number of rotatable bonds is 5. The van der Waals surface area contributed by atoms with Crippen LogP contribution < -0.4 is 5.32 Å². The summed E-state index contributed by atoms with van der Waals surface area (Å²) in [6.45, 7) is 5.84. The summed E-state index contributed by atoms with van der Waals surface area (Å²) in [5.41, 5.74) is 1.46. The summed E-state index contributed by atoms with van der Waals surface area (Å²) >= 11 is 0. The molecular formula is C23H24FN3O5S. The SMILES string of the molecule is Cc1onc(-c2ccc(F)cc2)c1C(=O)Nc1ccc(S(=O)(=O)N2CC(C)OC(C)C2)cc1. The second kappa shape index (κ2) is 9.05. The first-order valence-corrected chi connectivity index (χ1v) is 11.9. The third kappa shape index (κ3) is 4.82. The second-order valence-electron chi connectivity index (χ2n) is 8.03. The fourth-order valence-corrected chi connectivity index (χ4v) is 5.41. The van der Waals surface area contributed by atoms with Gasteiger partial charge < -0.3 is 14.6 Å². The van der Waals surface area contributed by atoms with Gasteiger partial charge in [0.25, 0.3) is 5.91 Å². The van der Waals surface area contributed by atoms with E-state index in [0.29, 0.717) is 22.7 Å². The molecule has 10 heteroatoms. The average molecular weight is 474 g/mol. The highest BCUT2D eigenvalue weighted by Gasteiger charge is 2.32. The summed E-state index contributed by atoms with van der Waals surface area (Å²) in [6.07, 6.45) is -0.381. The van der Waals surface area contributed by atoms with Crippen LogP contribution in [-0.2, 0) is 14.8 Å². The lowest BCUT2D eigenvalue weighted by Crippen LogP contribution is -2.48. The number of sulfonamides is 1. The topological polar surface area (TPSA) is 102 Å². The van der Waals surface area contributed by atoms with E-state index in [-0.39, 0.29) is 35.8 Å². The van der Waals surface area contributed by atoms with Crippen molar-refractivity contribution in [2.75, 3.05) is 18.4 Å². The molecule has 8 nitrogen and oxygen atoms in total. The van der Waals surface area contributed by atoms with Gasteiger partial charge >= 0.3 is 0 Å². The van der Waals surface area contributed by atoms with E-state index in [1.54, 1.807) is 6.92 Å². The van der Waals surface area contributed by atoms with Crippen molar-refractivity contribution in [3.05, 3.63) is 65.7 Å². The van der Waals surface area contributed by atoms with Gasteiger partial charge in [0.05, 0.1) is 17.1 Å². The summed E-state index contributed by atoms with van der Waals surface area (Å²) < 4.78 is 51.5. The van der Waals surface area contributed by atoms with E-state index in [9.17, 15) is 17.6 Å². The van der Waals surface area contributed by atoms with Gasteiger partial charge in [-0.1, -0.05) is 5.16 Å². The lowest BCUT2D eigenvalue weighted by Gasteiger charge is -2.34. The Labute approximate surface area is 191 Å². The number of amides is 1.